The van der Waals surface area contributed by atoms with Crippen molar-refractivity contribution >= 4 is 17.3 Å². The second kappa shape index (κ2) is 6.88. The van der Waals surface area contributed by atoms with Crippen LogP contribution in [-0.2, 0) is 0 Å². The maximum Gasteiger partial charge on any atom is 0.305 e. The van der Waals surface area contributed by atoms with Crippen molar-refractivity contribution in [2.45, 2.75) is 20.8 Å². The zero-order valence-electron chi connectivity index (χ0n) is 12.3. The topological polar surface area (TPSA) is 84.3 Å². The minimum Gasteiger partial charge on any atom is -0.383 e. The van der Waals surface area contributed by atoms with Gasteiger partial charge >= 0.3 is 5.69 Å². The minimum absolute atomic E-state index is 0.0813. The number of rotatable bonds is 6. The van der Waals surface area contributed by atoms with Gasteiger partial charge in [0.1, 0.15) is 11.3 Å². The highest BCUT2D eigenvalue weighted by Crippen LogP contribution is 2.28. The number of para-hydroxylation sites is 1. The highest BCUT2D eigenvalue weighted by atomic mass is 16.6. The summed E-state index contributed by atoms with van der Waals surface area (Å²) in [6.07, 6.45) is 0. The first kappa shape index (κ1) is 15.9. The maximum absolute atomic E-state index is 12.1. The van der Waals surface area contributed by atoms with Gasteiger partial charge in [-0.3, -0.25) is 14.9 Å². The molecule has 1 unspecified atom stereocenters. The molecule has 0 saturated carbocycles. The molecule has 6 nitrogen and oxygen atoms in total. The van der Waals surface area contributed by atoms with Crippen LogP contribution in [0.3, 0.4) is 0 Å². The minimum atomic E-state index is -0.535. The molecule has 1 amide bonds. The van der Waals surface area contributed by atoms with Gasteiger partial charge in [-0.25, -0.2) is 0 Å². The smallest absolute Gasteiger partial charge is 0.305 e. The fraction of sp³-hybridized carbons (Fsp3) is 0.500. The van der Waals surface area contributed by atoms with E-state index in [0.29, 0.717) is 24.1 Å². The van der Waals surface area contributed by atoms with Gasteiger partial charge in [0.05, 0.1) is 4.92 Å². The van der Waals surface area contributed by atoms with Gasteiger partial charge in [-0.1, -0.05) is 26.8 Å². The predicted molar refractivity (Wildman–Crippen MR) is 79.0 cm³/mol. The molecule has 1 rings (SSSR count). The van der Waals surface area contributed by atoms with Crippen LogP contribution in [0, 0.1) is 22.0 Å². The molecule has 0 saturated heterocycles. The van der Waals surface area contributed by atoms with E-state index in [9.17, 15) is 14.9 Å². The molecular weight excluding hydrogens is 258 g/mol. The molecule has 1 atom stereocenters. The van der Waals surface area contributed by atoms with Crippen LogP contribution in [0.2, 0.25) is 0 Å². The van der Waals surface area contributed by atoms with Crippen LogP contribution in [0.4, 0.5) is 11.4 Å². The number of nitro groups is 1. The predicted octanol–water partition coefficient (Wildman–Crippen LogP) is 2.66. The molecule has 0 radical (unpaired) electrons. The Labute approximate surface area is 118 Å². The van der Waals surface area contributed by atoms with Crippen LogP contribution in [0.1, 0.15) is 31.1 Å². The Hall–Kier alpha value is -2.11. The van der Waals surface area contributed by atoms with Crippen molar-refractivity contribution in [2.24, 2.45) is 11.8 Å². The van der Waals surface area contributed by atoms with Crippen molar-refractivity contribution in [2.75, 3.05) is 18.9 Å². The quantitative estimate of drug-likeness (QED) is 0.619. The van der Waals surface area contributed by atoms with E-state index in [2.05, 4.69) is 24.5 Å². The summed E-state index contributed by atoms with van der Waals surface area (Å²) in [5, 5.41) is 16.6. The summed E-state index contributed by atoms with van der Waals surface area (Å²) in [5.41, 5.74) is 0.224. The van der Waals surface area contributed by atoms with E-state index < -0.39 is 10.8 Å². The summed E-state index contributed by atoms with van der Waals surface area (Å²) in [6, 6.07) is 4.67. The van der Waals surface area contributed by atoms with E-state index in [4.69, 9.17) is 0 Å². The van der Waals surface area contributed by atoms with Crippen molar-refractivity contribution in [1.29, 1.82) is 0 Å². The maximum atomic E-state index is 12.1. The molecule has 2 N–H and O–H groups in total. The molecule has 0 spiro atoms. The SMILES string of the molecule is CNc1cccc(C(=O)NCC(C)C(C)C)c1[N+](=O)[O-]. The first-order chi connectivity index (χ1) is 9.38. The van der Waals surface area contributed by atoms with E-state index in [1.807, 2.05) is 6.92 Å². The van der Waals surface area contributed by atoms with Crippen molar-refractivity contribution in [3.63, 3.8) is 0 Å². The van der Waals surface area contributed by atoms with Gasteiger partial charge < -0.3 is 10.6 Å². The first-order valence-electron chi connectivity index (χ1n) is 6.61. The average Bonchev–Trinajstić information content (AvgIpc) is 2.42. The lowest BCUT2D eigenvalue weighted by molar-refractivity contribution is -0.384. The monoisotopic (exact) mass is 279 g/mol. The molecule has 110 valence electrons. The third kappa shape index (κ3) is 3.69. The Morgan fingerprint density at radius 2 is 2.00 bits per heavy atom. The number of hydrogen-bond acceptors (Lipinski definition) is 4. The molecule has 0 heterocycles. The van der Waals surface area contributed by atoms with E-state index in [-0.39, 0.29) is 11.3 Å². The fourth-order valence-corrected chi connectivity index (χ4v) is 1.71. The van der Waals surface area contributed by atoms with Gasteiger partial charge in [0, 0.05) is 13.6 Å². The van der Waals surface area contributed by atoms with E-state index >= 15 is 0 Å². The number of hydrogen-bond donors (Lipinski definition) is 2. The Bertz CT molecular complexity index is 500. The van der Waals surface area contributed by atoms with E-state index in [1.54, 1.807) is 19.2 Å². The molecule has 1 aromatic rings. The lowest BCUT2D eigenvalue weighted by Gasteiger charge is -2.16. The van der Waals surface area contributed by atoms with Crippen LogP contribution >= 0.6 is 0 Å². The molecule has 1 aromatic carbocycles. The molecule has 0 aliphatic carbocycles. The highest BCUT2D eigenvalue weighted by molar-refractivity contribution is 6.00. The summed E-state index contributed by atoms with van der Waals surface area (Å²) in [4.78, 5) is 22.7. The zero-order valence-corrected chi connectivity index (χ0v) is 12.3. The number of amides is 1. The van der Waals surface area contributed by atoms with Crippen LogP contribution in [0.15, 0.2) is 18.2 Å². The van der Waals surface area contributed by atoms with Crippen molar-refractivity contribution in [1.82, 2.24) is 5.32 Å². The third-order valence-electron chi connectivity index (χ3n) is 3.46. The number of nitrogens with one attached hydrogen (secondary N) is 2. The number of nitro benzene ring substituents is 1. The Morgan fingerprint density at radius 1 is 1.35 bits per heavy atom. The second-order valence-electron chi connectivity index (χ2n) is 5.14. The molecule has 0 bridgehead atoms. The van der Waals surface area contributed by atoms with Crippen molar-refractivity contribution in [3.8, 4) is 0 Å². The first-order valence-corrected chi connectivity index (χ1v) is 6.61. The Kier molecular flexibility index (Phi) is 5.49. The lowest BCUT2D eigenvalue weighted by atomic mass is 9.98. The van der Waals surface area contributed by atoms with Crippen molar-refractivity contribution in [3.05, 3.63) is 33.9 Å². The van der Waals surface area contributed by atoms with Crippen LogP contribution in [0.5, 0.6) is 0 Å². The Morgan fingerprint density at radius 3 is 2.50 bits per heavy atom. The summed E-state index contributed by atoms with van der Waals surface area (Å²) in [6.45, 7) is 6.67. The van der Waals surface area contributed by atoms with E-state index in [1.165, 1.54) is 6.07 Å². The number of carbonyl (C=O) groups excluding carboxylic acids is 1. The van der Waals surface area contributed by atoms with E-state index in [0.717, 1.165) is 0 Å². The van der Waals surface area contributed by atoms with Crippen LogP contribution in [0.25, 0.3) is 0 Å². The average molecular weight is 279 g/mol. The number of benzene rings is 1. The normalized spacial score (nSPS) is 12.1. The van der Waals surface area contributed by atoms with Crippen molar-refractivity contribution < 1.29 is 9.72 Å². The van der Waals surface area contributed by atoms with Crippen LogP contribution in [-0.4, -0.2) is 24.4 Å². The highest BCUT2D eigenvalue weighted by Gasteiger charge is 2.24. The molecular formula is C14H21N3O3. The number of carbonyl (C=O) groups is 1. The van der Waals surface area contributed by atoms with Gasteiger partial charge in [0.15, 0.2) is 0 Å². The number of nitrogens with zero attached hydrogens (tertiary/aromatic N) is 1. The Balaban J connectivity index is 2.96. The van der Waals surface area contributed by atoms with Gasteiger partial charge in [-0.15, -0.1) is 0 Å². The summed E-state index contributed by atoms with van der Waals surface area (Å²) >= 11 is 0. The zero-order chi connectivity index (χ0) is 15.3. The second-order valence-corrected chi connectivity index (χ2v) is 5.14. The molecule has 0 aliphatic heterocycles. The van der Waals surface area contributed by atoms with Gasteiger partial charge in [0.2, 0.25) is 0 Å². The molecule has 0 fully saturated rings. The molecule has 0 aromatic heterocycles. The summed E-state index contributed by atoms with van der Waals surface area (Å²) in [5.74, 6) is 0.334. The molecule has 6 heteroatoms. The largest absolute Gasteiger partial charge is 0.383 e. The van der Waals surface area contributed by atoms with Crippen LogP contribution < -0.4 is 10.6 Å². The molecule has 20 heavy (non-hydrogen) atoms. The summed E-state index contributed by atoms with van der Waals surface area (Å²) in [7, 11) is 1.59. The number of anilines is 1. The molecule has 0 aliphatic rings. The van der Waals surface area contributed by atoms with Gasteiger partial charge in [-0.2, -0.15) is 0 Å². The lowest BCUT2D eigenvalue weighted by Crippen LogP contribution is -2.30. The van der Waals surface area contributed by atoms with Gasteiger partial charge in [0.25, 0.3) is 5.91 Å². The third-order valence-corrected chi connectivity index (χ3v) is 3.46. The van der Waals surface area contributed by atoms with Gasteiger partial charge in [-0.05, 0) is 24.0 Å². The summed E-state index contributed by atoms with van der Waals surface area (Å²) < 4.78 is 0. The standard InChI is InChI=1S/C14H21N3O3/c1-9(2)10(3)8-16-14(18)11-6-5-7-12(15-4)13(11)17(19)20/h5-7,9-10,15H,8H2,1-4H3,(H,16,18). The fourth-order valence-electron chi connectivity index (χ4n) is 1.71.